The van der Waals surface area contributed by atoms with Crippen LogP contribution in [-0.2, 0) is 0 Å². The van der Waals surface area contributed by atoms with Crippen LogP contribution in [0.5, 0.6) is 0 Å². The molecule has 126 valence electrons. The van der Waals surface area contributed by atoms with E-state index >= 15 is 0 Å². The Morgan fingerprint density at radius 2 is 2.00 bits per heavy atom. The molecule has 0 saturated heterocycles. The SMILES string of the molecule is CC.C[C@@H](CN)Nc1ncnc2[nH]cc(-c3ccccc3F)c12.[HH].[HH]. The third-order valence-corrected chi connectivity index (χ3v) is 3.37. The van der Waals surface area contributed by atoms with Crippen LogP contribution in [0.2, 0.25) is 0 Å². The van der Waals surface area contributed by atoms with Crippen LogP contribution < -0.4 is 11.1 Å². The fourth-order valence-electron chi connectivity index (χ4n) is 2.26. The predicted octanol–water partition coefficient (Wildman–Crippen LogP) is 4.04. The fourth-order valence-corrected chi connectivity index (χ4v) is 2.26. The summed E-state index contributed by atoms with van der Waals surface area (Å²) in [6, 6.07) is 6.71. The molecular weight excluding hydrogens is 293 g/mol. The van der Waals surface area contributed by atoms with Gasteiger partial charge < -0.3 is 16.0 Å². The minimum atomic E-state index is -0.278. The van der Waals surface area contributed by atoms with Crippen LogP contribution >= 0.6 is 0 Å². The maximum absolute atomic E-state index is 14.0. The Morgan fingerprint density at radius 3 is 2.70 bits per heavy atom. The summed E-state index contributed by atoms with van der Waals surface area (Å²) in [6.45, 7) is 6.44. The van der Waals surface area contributed by atoms with Gasteiger partial charge in [-0.3, -0.25) is 0 Å². The summed E-state index contributed by atoms with van der Waals surface area (Å²) in [7, 11) is 0. The van der Waals surface area contributed by atoms with Crippen molar-refractivity contribution >= 4 is 16.9 Å². The van der Waals surface area contributed by atoms with Crippen molar-refractivity contribution < 1.29 is 7.24 Å². The molecule has 1 atom stereocenters. The molecule has 0 amide bonds. The van der Waals surface area contributed by atoms with Crippen molar-refractivity contribution in [3.8, 4) is 11.1 Å². The zero-order valence-corrected chi connectivity index (χ0v) is 13.6. The number of aromatic nitrogens is 3. The fraction of sp³-hybridized carbons (Fsp3) is 0.294. The lowest BCUT2D eigenvalue weighted by Gasteiger charge is -2.13. The summed E-state index contributed by atoms with van der Waals surface area (Å²) in [5.74, 6) is 0.373. The first kappa shape index (κ1) is 16.9. The first-order chi connectivity index (χ1) is 11.2. The van der Waals surface area contributed by atoms with Crippen molar-refractivity contribution in [2.24, 2.45) is 5.73 Å². The van der Waals surface area contributed by atoms with Crippen molar-refractivity contribution in [2.45, 2.75) is 26.8 Å². The third-order valence-electron chi connectivity index (χ3n) is 3.37. The van der Waals surface area contributed by atoms with Gasteiger partial charge in [-0.25, -0.2) is 14.4 Å². The second-order valence-corrected chi connectivity index (χ2v) is 4.91. The van der Waals surface area contributed by atoms with Gasteiger partial charge in [0.15, 0.2) is 0 Å². The quantitative estimate of drug-likeness (QED) is 0.678. The Morgan fingerprint density at radius 1 is 1.26 bits per heavy atom. The van der Waals surface area contributed by atoms with Crippen molar-refractivity contribution in [3.05, 3.63) is 42.6 Å². The number of hydrogen-bond donors (Lipinski definition) is 3. The number of rotatable bonds is 4. The van der Waals surface area contributed by atoms with Gasteiger partial charge in [-0.1, -0.05) is 32.0 Å². The third kappa shape index (κ3) is 3.48. The van der Waals surface area contributed by atoms with E-state index in [0.717, 1.165) is 10.9 Å². The highest BCUT2D eigenvalue weighted by Crippen LogP contribution is 2.33. The van der Waals surface area contributed by atoms with E-state index < -0.39 is 0 Å². The second-order valence-electron chi connectivity index (χ2n) is 4.91. The molecule has 23 heavy (non-hydrogen) atoms. The highest BCUT2D eigenvalue weighted by Gasteiger charge is 2.15. The number of nitrogens with one attached hydrogen (secondary N) is 2. The van der Waals surface area contributed by atoms with E-state index in [1.807, 2.05) is 20.8 Å². The van der Waals surface area contributed by atoms with Crippen LogP contribution in [0.1, 0.15) is 23.6 Å². The minimum absolute atomic E-state index is 0. The number of nitrogens with zero attached hydrogens (tertiary/aromatic N) is 2. The van der Waals surface area contributed by atoms with E-state index in [0.29, 0.717) is 23.6 Å². The number of benzene rings is 1. The molecule has 4 N–H and O–H groups in total. The molecular formula is C17H26FN5. The number of hydrogen-bond acceptors (Lipinski definition) is 4. The first-order valence-corrected chi connectivity index (χ1v) is 7.74. The molecule has 0 aliphatic rings. The van der Waals surface area contributed by atoms with Crippen molar-refractivity contribution in [1.29, 1.82) is 0 Å². The molecule has 0 unspecified atom stereocenters. The van der Waals surface area contributed by atoms with Crippen molar-refractivity contribution in [2.75, 3.05) is 11.9 Å². The van der Waals surface area contributed by atoms with E-state index in [4.69, 9.17) is 5.73 Å². The van der Waals surface area contributed by atoms with E-state index in [2.05, 4.69) is 20.3 Å². The van der Waals surface area contributed by atoms with Crippen LogP contribution in [0.25, 0.3) is 22.2 Å². The molecule has 6 heteroatoms. The van der Waals surface area contributed by atoms with Crippen LogP contribution in [0.3, 0.4) is 0 Å². The lowest BCUT2D eigenvalue weighted by Crippen LogP contribution is -2.25. The summed E-state index contributed by atoms with van der Waals surface area (Å²) in [6.07, 6.45) is 3.21. The van der Waals surface area contributed by atoms with Gasteiger partial charge in [-0.2, -0.15) is 0 Å². The molecule has 2 aromatic heterocycles. The number of aromatic amines is 1. The zero-order chi connectivity index (χ0) is 16.8. The van der Waals surface area contributed by atoms with Crippen LogP contribution in [0.15, 0.2) is 36.8 Å². The molecule has 3 rings (SSSR count). The highest BCUT2D eigenvalue weighted by molar-refractivity contribution is 6.00. The van der Waals surface area contributed by atoms with Gasteiger partial charge in [0.05, 0.1) is 5.39 Å². The van der Waals surface area contributed by atoms with Crippen LogP contribution in [0.4, 0.5) is 10.2 Å². The Hall–Kier alpha value is -2.47. The van der Waals surface area contributed by atoms with Crippen LogP contribution in [-0.4, -0.2) is 27.5 Å². The molecule has 0 aliphatic heterocycles. The number of nitrogens with two attached hydrogens (primary N) is 1. The normalized spacial score (nSPS) is 11.7. The highest BCUT2D eigenvalue weighted by atomic mass is 19.1. The molecule has 0 radical (unpaired) electrons. The predicted molar refractivity (Wildman–Crippen MR) is 97.0 cm³/mol. The smallest absolute Gasteiger partial charge is 0.143 e. The molecule has 2 heterocycles. The largest absolute Gasteiger partial charge is 0.366 e. The van der Waals surface area contributed by atoms with E-state index in [1.54, 1.807) is 24.4 Å². The minimum Gasteiger partial charge on any atom is -0.366 e. The van der Waals surface area contributed by atoms with Gasteiger partial charge >= 0.3 is 0 Å². The second kappa shape index (κ2) is 7.69. The van der Waals surface area contributed by atoms with Gasteiger partial charge in [0.25, 0.3) is 0 Å². The average molecular weight is 319 g/mol. The molecule has 5 nitrogen and oxygen atoms in total. The summed E-state index contributed by atoms with van der Waals surface area (Å²) in [5, 5.41) is 4.00. The maximum Gasteiger partial charge on any atom is 0.143 e. The maximum atomic E-state index is 14.0. The molecule has 0 saturated carbocycles. The van der Waals surface area contributed by atoms with Gasteiger partial charge in [0.2, 0.25) is 0 Å². The molecule has 0 spiro atoms. The Labute approximate surface area is 138 Å². The van der Waals surface area contributed by atoms with Gasteiger partial charge in [0.1, 0.15) is 23.6 Å². The average Bonchev–Trinajstić information content (AvgIpc) is 3.02. The molecule has 0 fully saturated rings. The van der Waals surface area contributed by atoms with Gasteiger partial charge in [-0.15, -0.1) is 0 Å². The molecule has 0 bridgehead atoms. The van der Waals surface area contributed by atoms with E-state index in [-0.39, 0.29) is 14.7 Å². The Balaban J connectivity index is 0.00000139. The molecule has 0 aliphatic carbocycles. The lowest BCUT2D eigenvalue weighted by molar-refractivity contribution is 0.631. The van der Waals surface area contributed by atoms with Crippen molar-refractivity contribution in [3.63, 3.8) is 0 Å². The zero-order valence-electron chi connectivity index (χ0n) is 13.6. The Kier molecular flexibility index (Phi) is 5.65. The molecule has 3 aromatic rings. The first-order valence-electron chi connectivity index (χ1n) is 7.74. The number of anilines is 1. The number of fused-ring (bicyclic) bond motifs is 1. The summed E-state index contributed by atoms with van der Waals surface area (Å²) in [5.41, 5.74) is 7.55. The van der Waals surface area contributed by atoms with E-state index in [1.165, 1.54) is 12.4 Å². The standard InChI is InChI=1S/C15H16FN5.C2H6.2H2/c1-9(6-17)21-15-13-11(7-18-14(13)19-8-20-15)10-4-2-3-5-12(10)16;1-2;;/h2-5,7-9H,6,17H2,1H3,(H2,18,19,20,21);1-2H3;2*1H/t9-;;;/m0.../s1. The lowest BCUT2D eigenvalue weighted by atomic mass is 10.1. The topological polar surface area (TPSA) is 79.6 Å². The summed E-state index contributed by atoms with van der Waals surface area (Å²) >= 11 is 0. The summed E-state index contributed by atoms with van der Waals surface area (Å²) in [4.78, 5) is 11.5. The van der Waals surface area contributed by atoms with E-state index in [9.17, 15) is 4.39 Å². The number of H-pyrrole nitrogens is 1. The number of halogens is 1. The van der Waals surface area contributed by atoms with Crippen LogP contribution in [0, 0.1) is 5.82 Å². The van der Waals surface area contributed by atoms with Crippen molar-refractivity contribution in [1.82, 2.24) is 15.0 Å². The molecule has 1 aromatic carbocycles. The summed E-state index contributed by atoms with van der Waals surface area (Å²) < 4.78 is 14.0. The Bertz CT molecular complexity index is 779. The monoisotopic (exact) mass is 319 g/mol. The van der Waals surface area contributed by atoms with Gasteiger partial charge in [-0.05, 0) is 13.0 Å². The van der Waals surface area contributed by atoms with Gasteiger partial charge in [0, 0.05) is 32.8 Å².